The van der Waals surface area contributed by atoms with E-state index in [9.17, 15) is 14.0 Å². The Bertz CT molecular complexity index is 1370. The molecule has 1 aliphatic heterocycles. The van der Waals surface area contributed by atoms with Crippen LogP contribution in [0, 0.1) is 11.5 Å². The van der Waals surface area contributed by atoms with Crippen molar-refractivity contribution in [3.8, 4) is 6.19 Å². The van der Waals surface area contributed by atoms with Crippen LogP contribution in [0.2, 0.25) is 0 Å². The minimum atomic E-state index is -2.10. The molecule has 1 saturated heterocycles. The van der Waals surface area contributed by atoms with Crippen molar-refractivity contribution in [2.24, 2.45) is 0 Å². The van der Waals surface area contributed by atoms with Crippen molar-refractivity contribution >= 4 is 38.5 Å². The Morgan fingerprint density at radius 2 is 1.83 bits per heavy atom. The molecule has 0 bridgehead atoms. The summed E-state index contributed by atoms with van der Waals surface area (Å²) in [6.45, 7) is -0.0141. The normalized spacial score (nSPS) is 20.3. The van der Waals surface area contributed by atoms with E-state index in [-0.39, 0.29) is 32.0 Å². The van der Waals surface area contributed by atoms with Gasteiger partial charge >= 0.3 is 0 Å². The second-order valence-corrected chi connectivity index (χ2v) is 10.2. The summed E-state index contributed by atoms with van der Waals surface area (Å²) >= 11 is 3.60. The van der Waals surface area contributed by atoms with Crippen molar-refractivity contribution in [1.29, 1.82) is 5.26 Å². The maximum atomic E-state index is 15.0. The Hall–Kier alpha value is -3.44. The SMILES string of the molecule is N#CN1CCC(F)(C(=O)NCc2ccccc2C(=O)NC2(c3cc(Br)cc4ccccc34)CC2)C1. The number of benzene rings is 3. The fourth-order valence-corrected chi connectivity index (χ4v) is 5.29. The Balaban J connectivity index is 1.34. The van der Waals surface area contributed by atoms with Gasteiger partial charge in [-0.05, 0) is 52.9 Å². The molecular formula is C27H24BrFN4O2. The van der Waals surface area contributed by atoms with Gasteiger partial charge in [0.05, 0.1) is 12.1 Å². The summed E-state index contributed by atoms with van der Waals surface area (Å²) < 4.78 is 16.0. The van der Waals surface area contributed by atoms with Gasteiger partial charge in [0.25, 0.3) is 11.8 Å². The highest BCUT2D eigenvalue weighted by Crippen LogP contribution is 2.49. The molecule has 0 aromatic heterocycles. The van der Waals surface area contributed by atoms with Gasteiger partial charge in [0.1, 0.15) is 0 Å². The first-order valence-electron chi connectivity index (χ1n) is 11.5. The zero-order valence-electron chi connectivity index (χ0n) is 19.0. The average Bonchev–Trinajstić information content (AvgIpc) is 3.53. The molecule has 0 radical (unpaired) electrons. The highest BCUT2D eigenvalue weighted by molar-refractivity contribution is 9.10. The van der Waals surface area contributed by atoms with Crippen molar-refractivity contribution < 1.29 is 14.0 Å². The number of hydrogen-bond donors (Lipinski definition) is 2. The largest absolute Gasteiger partial charge is 0.349 e. The van der Waals surface area contributed by atoms with Crippen LogP contribution in [0.4, 0.5) is 4.39 Å². The number of rotatable bonds is 6. The number of fused-ring (bicyclic) bond motifs is 1. The lowest BCUT2D eigenvalue weighted by Gasteiger charge is -2.22. The van der Waals surface area contributed by atoms with Gasteiger partial charge in [-0.1, -0.05) is 58.4 Å². The van der Waals surface area contributed by atoms with E-state index in [1.54, 1.807) is 24.3 Å². The van der Waals surface area contributed by atoms with E-state index in [0.29, 0.717) is 11.1 Å². The molecule has 3 aromatic carbocycles. The molecule has 2 amide bonds. The molecule has 6 nitrogen and oxygen atoms in total. The minimum Gasteiger partial charge on any atom is -0.349 e. The molecule has 2 aliphatic rings. The van der Waals surface area contributed by atoms with Gasteiger partial charge in [-0.25, -0.2) is 4.39 Å². The number of likely N-dealkylation sites (tertiary alicyclic amines) is 1. The molecule has 35 heavy (non-hydrogen) atoms. The lowest BCUT2D eigenvalue weighted by molar-refractivity contribution is -0.132. The van der Waals surface area contributed by atoms with E-state index >= 15 is 0 Å². The minimum absolute atomic E-state index is 0.0213. The van der Waals surface area contributed by atoms with Crippen molar-refractivity contribution in [3.63, 3.8) is 0 Å². The summed E-state index contributed by atoms with van der Waals surface area (Å²) in [5, 5.41) is 17.0. The van der Waals surface area contributed by atoms with E-state index in [1.165, 1.54) is 4.90 Å². The fraction of sp³-hybridized carbons (Fsp3) is 0.296. The summed E-state index contributed by atoms with van der Waals surface area (Å²) in [5.41, 5.74) is -0.440. The van der Waals surface area contributed by atoms with Gasteiger partial charge in [0.15, 0.2) is 6.19 Å². The molecule has 178 valence electrons. The molecule has 2 fully saturated rings. The van der Waals surface area contributed by atoms with Crippen LogP contribution in [0.1, 0.15) is 40.7 Å². The van der Waals surface area contributed by atoms with Crippen molar-refractivity contribution in [2.45, 2.75) is 37.0 Å². The first-order chi connectivity index (χ1) is 16.8. The van der Waals surface area contributed by atoms with Gasteiger partial charge in [-0.2, -0.15) is 5.26 Å². The van der Waals surface area contributed by atoms with E-state index in [1.807, 2.05) is 18.3 Å². The van der Waals surface area contributed by atoms with Gasteiger partial charge in [0, 0.05) is 29.5 Å². The Morgan fingerprint density at radius 3 is 2.57 bits per heavy atom. The summed E-state index contributed by atoms with van der Waals surface area (Å²) in [5.74, 6) is -0.993. The van der Waals surface area contributed by atoms with Crippen LogP contribution in [0.25, 0.3) is 10.8 Å². The van der Waals surface area contributed by atoms with E-state index < -0.39 is 17.1 Å². The number of carbonyl (C=O) groups is 2. The summed E-state index contributed by atoms with van der Waals surface area (Å²) in [7, 11) is 0. The van der Waals surface area contributed by atoms with Crippen molar-refractivity contribution in [3.05, 3.63) is 81.8 Å². The monoisotopic (exact) mass is 534 g/mol. The maximum Gasteiger partial charge on any atom is 0.259 e. The van der Waals surface area contributed by atoms with Crippen LogP contribution >= 0.6 is 15.9 Å². The van der Waals surface area contributed by atoms with E-state index in [0.717, 1.165) is 33.7 Å². The quantitative estimate of drug-likeness (QED) is 0.455. The molecule has 1 aliphatic carbocycles. The number of amides is 2. The molecular weight excluding hydrogens is 511 g/mol. The highest BCUT2D eigenvalue weighted by atomic mass is 79.9. The third kappa shape index (κ3) is 4.48. The number of nitrogens with one attached hydrogen (secondary N) is 2. The Morgan fingerprint density at radius 1 is 1.09 bits per heavy atom. The van der Waals surface area contributed by atoms with Gasteiger partial charge in [-0.15, -0.1) is 0 Å². The molecule has 0 spiro atoms. The molecule has 3 aromatic rings. The van der Waals surface area contributed by atoms with Crippen molar-refractivity contribution in [1.82, 2.24) is 15.5 Å². The molecule has 1 unspecified atom stereocenters. The summed E-state index contributed by atoms with van der Waals surface area (Å²) in [4.78, 5) is 27.2. The molecule has 5 rings (SSSR count). The van der Waals surface area contributed by atoms with Crippen LogP contribution in [-0.4, -0.2) is 35.5 Å². The average molecular weight is 535 g/mol. The Kier molecular flexibility index (Phi) is 5.97. The smallest absolute Gasteiger partial charge is 0.259 e. The first-order valence-corrected chi connectivity index (χ1v) is 12.3. The summed E-state index contributed by atoms with van der Waals surface area (Å²) in [6, 6.07) is 19.3. The predicted molar refractivity (Wildman–Crippen MR) is 134 cm³/mol. The predicted octanol–water partition coefficient (Wildman–Crippen LogP) is 4.53. The first kappa shape index (κ1) is 23.3. The lowest BCUT2D eigenvalue weighted by Crippen LogP contribution is -2.45. The zero-order chi connectivity index (χ0) is 24.6. The number of nitriles is 1. The number of carbonyl (C=O) groups excluding carboxylic acids is 2. The number of nitrogens with zero attached hydrogens (tertiary/aromatic N) is 2. The number of halogens is 2. The second kappa shape index (κ2) is 8.97. The number of alkyl halides is 1. The summed E-state index contributed by atoms with van der Waals surface area (Å²) in [6.07, 6.45) is 3.52. The van der Waals surface area contributed by atoms with Crippen LogP contribution in [-0.2, 0) is 16.9 Å². The van der Waals surface area contributed by atoms with Gasteiger partial charge in [-0.3, -0.25) is 9.59 Å². The van der Waals surface area contributed by atoms with Crippen LogP contribution in [0.5, 0.6) is 0 Å². The maximum absolute atomic E-state index is 15.0. The molecule has 1 atom stereocenters. The Labute approximate surface area is 211 Å². The second-order valence-electron chi connectivity index (χ2n) is 9.29. The van der Waals surface area contributed by atoms with E-state index in [2.05, 4.69) is 50.8 Å². The zero-order valence-corrected chi connectivity index (χ0v) is 20.6. The lowest BCUT2D eigenvalue weighted by atomic mass is 9.96. The van der Waals surface area contributed by atoms with Crippen LogP contribution in [0.3, 0.4) is 0 Å². The standard InChI is InChI=1S/C27H24BrFN4O2/c28-20-13-18-5-1-3-7-21(18)23(14-20)27(9-10-27)32-24(34)22-8-4-2-6-19(22)15-31-25(35)26(29)11-12-33(16-26)17-30/h1-8,13-14H,9-12,15-16H2,(H,31,35)(H,32,34). The van der Waals surface area contributed by atoms with Crippen LogP contribution < -0.4 is 10.6 Å². The third-order valence-electron chi connectivity index (χ3n) is 6.91. The third-order valence-corrected chi connectivity index (χ3v) is 7.37. The molecule has 2 N–H and O–H groups in total. The highest BCUT2D eigenvalue weighted by Gasteiger charge is 2.47. The van der Waals surface area contributed by atoms with Crippen molar-refractivity contribution in [2.75, 3.05) is 13.1 Å². The van der Waals surface area contributed by atoms with Crippen LogP contribution in [0.15, 0.2) is 65.1 Å². The topological polar surface area (TPSA) is 85.2 Å². The molecule has 8 heteroatoms. The van der Waals surface area contributed by atoms with Gasteiger partial charge < -0.3 is 15.5 Å². The molecule has 1 heterocycles. The molecule has 1 saturated carbocycles. The van der Waals surface area contributed by atoms with Gasteiger partial charge in [0.2, 0.25) is 5.67 Å². The fourth-order valence-electron chi connectivity index (χ4n) is 4.81. The number of hydrogen-bond acceptors (Lipinski definition) is 4. The van der Waals surface area contributed by atoms with E-state index in [4.69, 9.17) is 5.26 Å².